The second-order valence-electron chi connectivity index (χ2n) is 8.00. The van der Waals surface area contributed by atoms with E-state index >= 15 is 0 Å². The summed E-state index contributed by atoms with van der Waals surface area (Å²) in [6.45, 7) is 24.0. The van der Waals surface area contributed by atoms with Crippen LogP contribution in [0, 0.1) is 38.6 Å². The van der Waals surface area contributed by atoms with Gasteiger partial charge in [-0.2, -0.15) is 0 Å². The Balaban J connectivity index is 0.00000288. The van der Waals surface area contributed by atoms with E-state index in [9.17, 15) is 0 Å². The molecule has 3 heteroatoms. The smallest absolute Gasteiger partial charge is 0.147 e. The van der Waals surface area contributed by atoms with E-state index in [-0.39, 0.29) is 24.8 Å². The third-order valence-corrected chi connectivity index (χ3v) is 17.2. The van der Waals surface area contributed by atoms with Crippen LogP contribution < -0.4 is 0 Å². The Morgan fingerprint density at radius 1 is 0.600 bits per heavy atom. The van der Waals surface area contributed by atoms with Crippen molar-refractivity contribution in [3.05, 3.63) is 38.7 Å². The van der Waals surface area contributed by atoms with Crippen LogP contribution in [-0.4, -0.2) is 0 Å². The average Bonchev–Trinajstić information content (AvgIpc) is 2.81. The third kappa shape index (κ3) is 3.66. The fraction of sp³-hybridized carbons (Fsp3) is 0.636. The molecule has 2 rings (SSSR count). The van der Waals surface area contributed by atoms with Gasteiger partial charge < -0.3 is 0 Å². The van der Waals surface area contributed by atoms with Crippen LogP contribution >= 0.6 is 24.8 Å². The van der Waals surface area contributed by atoms with Crippen molar-refractivity contribution >= 4 is 24.8 Å². The van der Waals surface area contributed by atoms with Crippen molar-refractivity contribution in [2.24, 2.45) is 10.8 Å². The van der Waals surface area contributed by atoms with E-state index in [0.717, 1.165) is 0 Å². The first-order chi connectivity index (χ1) is 10.6. The first-order valence-corrected chi connectivity index (χ1v) is 13.3. The number of allylic oxidation sites excluding steroid dienone is 8. The van der Waals surface area contributed by atoms with Crippen molar-refractivity contribution in [3.8, 4) is 0 Å². The molecule has 0 amide bonds. The van der Waals surface area contributed by atoms with E-state index in [4.69, 9.17) is 0 Å². The Bertz CT molecular complexity index is 620. The second kappa shape index (κ2) is 8.73. The van der Waals surface area contributed by atoms with Crippen LogP contribution in [0.2, 0.25) is 0 Å². The molecule has 0 aromatic heterocycles. The molecule has 0 nitrogen and oxygen atoms in total. The van der Waals surface area contributed by atoms with Gasteiger partial charge in [-0.25, -0.2) is 0 Å². The maximum absolute atomic E-state index is 2.51. The van der Waals surface area contributed by atoms with Gasteiger partial charge in [0, 0.05) is 0 Å². The van der Waals surface area contributed by atoms with Crippen molar-refractivity contribution in [3.63, 3.8) is 0 Å². The van der Waals surface area contributed by atoms with Crippen molar-refractivity contribution in [1.82, 2.24) is 0 Å². The zero-order valence-electron chi connectivity index (χ0n) is 17.7. The Hall–Kier alpha value is 0.592. The topological polar surface area (TPSA) is 0 Å². The largest absolute Gasteiger partial charge is 0.147 e. The number of rotatable bonds is 4. The van der Waals surface area contributed by atoms with E-state index in [0.29, 0.717) is 10.8 Å². The van der Waals surface area contributed by atoms with E-state index in [1.54, 1.807) is 33.4 Å². The molecule has 0 spiro atoms. The minimum Gasteiger partial charge on any atom is -0.147 e. The van der Waals surface area contributed by atoms with Gasteiger partial charge in [-0.05, 0) is 0 Å². The molecule has 2 aliphatic rings. The van der Waals surface area contributed by atoms with E-state index in [1.165, 1.54) is 12.8 Å². The Kier molecular flexibility index (Phi) is 8.94. The molecule has 142 valence electrons. The van der Waals surface area contributed by atoms with Crippen molar-refractivity contribution in [2.45, 2.75) is 82.1 Å². The standard InChI is InChI=1S/2C11H17.2ClH.U/c2*1-6-11(5)7-8(2)9(3)10(11)4;;;/h2*6H2,1-5H3;2*1H;. The summed E-state index contributed by atoms with van der Waals surface area (Å²) in [7, 11) is 0. The Labute approximate surface area is 183 Å². The third-order valence-electron chi connectivity index (χ3n) is 7.42. The fourth-order valence-electron chi connectivity index (χ4n) is 4.44. The van der Waals surface area contributed by atoms with Gasteiger partial charge in [-0.3, -0.25) is 0 Å². The number of hydrogen-bond donors (Lipinski definition) is 0. The molecule has 0 saturated carbocycles. The van der Waals surface area contributed by atoms with Crippen molar-refractivity contribution in [1.29, 1.82) is 0 Å². The van der Waals surface area contributed by atoms with Gasteiger partial charge in [0.2, 0.25) is 0 Å². The first-order valence-electron chi connectivity index (χ1n) is 9.12. The molecule has 2 unspecified atom stereocenters. The minimum absolute atomic E-state index is 0. The summed E-state index contributed by atoms with van der Waals surface area (Å²) in [4.78, 5) is 0. The maximum Gasteiger partial charge on any atom is -0.147 e. The molecule has 2 aliphatic carbocycles. The molecule has 0 heterocycles. The van der Waals surface area contributed by atoms with Gasteiger partial charge in [0.15, 0.2) is 0 Å². The number of hydrogen-bond acceptors (Lipinski definition) is 0. The predicted octanol–water partition coefficient (Wildman–Crippen LogP) is 8.00. The molecule has 0 saturated heterocycles. The zero-order valence-corrected chi connectivity index (χ0v) is 23.5. The summed E-state index contributed by atoms with van der Waals surface area (Å²) in [6, 6.07) is 0. The summed E-state index contributed by atoms with van der Waals surface area (Å²) in [5.41, 5.74) is 10.4. The minimum atomic E-state index is -1.20. The van der Waals surface area contributed by atoms with E-state index < -0.39 is 27.7 Å². The van der Waals surface area contributed by atoms with Crippen LogP contribution in [0.1, 0.15) is 82.1 Å². The molecule has 0 aliphatic heterocycles. The second-order valence-corrected chi connectivity index (χ2v) is 13.2. The quantitative estimate of drug-likeness (QED) is 0.303. The summed E-state index contributed by atoms with van der Waals surface area (Å²) in [5, 5.41) is 0. The Morgan fingerprint density at radius 2 is 0.880 bits per heavy atom. The normalized spacial score (nSPS) is 29.2. The monoisotopic (exact) mass is 608 g/mol. The molecular weight excluding hydrogens is 573 g/mol. The van der Waals surface area contributed by atoms with Gasteiger partial charge in [0.1, 0.15) is 0 Å². The van der Waals surface area contributed by atoms with Crippen LogP contribution in [0.3, 0.4) is 0 Å². The molecular formula is C22H36Cl2U. The van der Waals surface area contributed by atoms with Crippen LogP contribution in [0.15, 0.2) is 38.7 Å². The molecule has 0 radical (unpaired) electrons. The molecule has 0 aromatic rings. The summed E-state index contributed by atoms with van der Waals surface area (Å²) in [5.74, 6) is 0. The van der Waals surface area contributed by atoms with Gasteiger partial charge in [0.05, 0.1) is 0 Å². The van der Waals surface area contributed by atoms with Crippen molar-refractivity contribution in [2.75, 3.05) is 0 Å². The average molecular weight is 609 g/mol. The van der Waals surface area contributed by atoms with Crippen molar-refractivity contribution < 1.29 is 27.7 Å². The predicted molar refractivity (Wildman–Crippen MR) is 113 cm³/mol. The molecule has 0 fully saturated rings. The van der Waals surface area contributed by atoms with Gasteiger partial charge in [-0.1, -0.05) is 0 Å². The number of halogens is 2. The molecule has 0 N–H and O–H groups in total. The summed E-state index contributed by atoms with van der Waals surface area (Å²) in [6.07, 6.45) is 2.50. The molecule has 25 heavy (non-hydrogen) atoms. The first kappa shape index (κ1) is 25.6. The van der Waals surface area contributed by atoms with Gasteiger partial charge >= 0.3 is 159 Å². The summed E-state index contributed by atoms with van der Waals surface area (Å²) >= 11 is -1.20. The zero-order chi connectivity index (χ0) is 17.7. The molecule has 2 atom stereocenters. The Morgan fingerprint density at radius 3 is 1.12 bits per heavy atom. The molecule has 0 bridgehead atoms. The van der Waals surface area contributed by atoms with E-state index in [2.05, 4.69) is 69.2 Å². The van der Waals surface area contributed by atoms with Crippen LogP contribution in [-0.2, 0) is 0 Å². The molecule has 0 aromatic carbocycles. The fourth-order valence-corrected chi connectivity index (χ4v) is 13.9. The maximum atomic E-state index is 2.51. The van der Waals surface area contributed by atoms with E-state index in [1.807, 2.05) is 5.21 Å². The van der Waals surface area contributed by atoms with Crippen LogP contribution in [0.4, 0.5) is 0 Å². The van der Waals surface area contributed by atoms with Crippen LogP contribution in [0.25, 0.3) is 0 Å². The SMILES string of the molecule is CCC1(C)C(C)=C(C)C(C)=[C]1[U][C]1=C(C)C(C)=C(C)C1(C)CC.Cl.Cl. The van der Waals surface area contributed by atoms with Gasteiger partial charge in [-0.15, -0.1) is 24.8 Å². The summed E-state index contributed by atoms with van der Waals surface area (Å²) < 4.78 is 3.76. The van der Waals surface area contributed by atoms with Crippen LogP contribution in [0.5, 0.6) is 0 Å². The van der Waals surface area contributed by atoms with Gasteiger partial charge in [0.25, 0.3) is 0 Å².